The van der Waals surface area contributed by atoms with Crippen molar-refractivity contribution in [1.29, 1.82) is 0 Å². The minimum atomic E-state index is -0.235. The molecule has 2 atom stereocenters. The molecule has 1 saturated heterocycles. The fraction of sp³-hybridized carbons (Fsp3) is 1.00. The second kappa shape index (κ2) is 5.58. The molecule has 0 aliphatic carbocycles. The Kier molecular flexibility index (Phi) is 4.70. The molecule has 1 rings (SSSR count). The maximum atomic E-state index is 9.25. The summed E-state index contributed by atoms with van der Waals surface area (Å²) in [5.41, 5.74) is 0. The Labute approximate surface area is 80.7 Å². The van der Waals surface area contributed by atoms with Crippen LogP contribution in [0, 0.1) is 0 Å². The van der Waals surface area contributed by atoms with Crippen LogP contribution in [0.5, 0.6) is 0 Å². The third kappa shape index (κ3) is 4.07. The van der Waals surface area contributed by atoms with E-state index in [1.165, 1.54) is 12.8 Å². The van der Waals surface area contributed by atoms with Gasteiger partial charge < -0.3 is 9.84 Å². The molecule has 3 nitrogen and oxygen atoms in total. The highest BCUT2D eigenvalue weighted by Gasteiger charge is 2.18. The van der Waals surface area contributed by atoms with Gasteiger partial charge in [0.15, 0.2) is 0 Å². The van der Waals surface area contributed by atoms with Gasteiger partial charge in [0.1, 0.15) is 0 Å². The zero-order chi connectivity index (χ0) is 9.68. The van der Waals surface area contributed by atoms with E-state index in [-0.39, 0.29) is 6.10 Å². The topological polar surface area (TPSA) is 32.7 Å². The molecule has 0 aromatic carbocycles. The maximum absolute atomic E-state index is 9.25. The third-order valence-corrected chi connectivity index (χ3v) is 2.46. The van der Waals surface area contributed by atoms with E-state index in [0.717, 1.165) is 26.2 Å². The van der Waals surface area contributed by atoms with Gasteiger partial charge in [0.2, 0.25) is 0 Å². The second-order valence-electron chi connectivity index (χ2n) is 3.84. The van der Waals surface area contributed by atoms with Gasteiger partial charge in [-0.15, -0.1) is 0 Å². The van der Waals surface area contributed by atoms with E-state index in [4.69, 9.17) is 4.74 Å². The van der Waals surface area contributed by atoms with E-state index < -0.39 is 0 Å². The van der Waals surface area contributed by atoms with E-state index in [9.17, 15) is 5.11 Å². The number of hydrogen-bond donors (Lipinski definition) is 1. The summed E-state index contributed by atoms with van der Waals surface area (Å²) in [4.78, 5) is 2.25. The number of nitrogens with zero attached hydrogens (tertiary/aromatic N) is 1. The molecule has 1 unspecified atom stereocenters. The van der Waals surface area contributed by atoms with Crippen LogP contribution in [0.2, 0.25) is 0 Å². The van der Waals surface area contributed by atoms with Crippen LogP contribution in [-0.2, 0) is 4.74 Å². The molecule has 1 aliphatic rings. The first-order chi connectivity index (χ1) is 6.22. The van der Waals surface area contributed by atoms with Crippen molar-refractivity contribution in [2.45, 2.75) is 38.9 Å². The molecule has 1 fully saturated rings. The quantitative estimate of drug-likeness (QED) is 0.693. The highest BCUT2D eigenvalue weighted by molar-refractivity contribution is 4.70. The van der Waals surface area contributed by atoms with Gasteiger partial charge in [-0.1, -0.05) is 6.92 Å². The van der Waals surface area contributed by atoms with Crippen LogP contribution in [0.1, 0.15) is 26.7 Å². The summed E-state index contributed by atoms with van der Waals surface area (Å²) in [6.07, 6.45) is 2.53. The highest BCUT2D eigenvalue weighted by atomic mass is 16.5. The van der Waals surface area contributed by atoms with Gasteiger partial charge >= 0.3 is 0 Å². The molecule has 0 saturated carbocycles. The zero-order valence-electron chi connectivity index (χ0n) is 8.70. The van der Waals surface area contributed by atoms with Crippen molar-refractivity contribution in [3.05, 3.63) is 0 Å². The molecule has 3 heteroatoms. The molecule has 78 valence electrons. The van der Waals surface area contributed by atoms with E-state index in [2.05, 4.69) is 11.8 Å². The predicted octanol–water partition coefficient (Wildman–Crippen LogP) is 0.868. The fourth-order valence-electron chi connectivity index (χ4n) is 1.78. The van der Waals surface area contributed by atoms with Crippen molar-refractivity contribution in [2.75, 3.05) is 26.2 Å². The molecule has 13 heavy (non-hydrogen) atoms. The Morgan fingerprint density at radius 2 is 2.38 bits per heavy atom. The normalized spacial score (nSPS) is 25.4. The standard InChI is InChI=1S/C10H21NO2/c1-3-11(7-9(2)12)8-10-5-4-6-13-10/h9-10,12H,3-8H2,1-2H3/t9-,10?/m0/s1. The van der Waals surface area contributed by atoms with Crippen molar-refractivity contribution in [2.24, 2.45) is 0 Å². The van der Waals surface area contributed by atoms with Gasteiger partial charge in [-0.25, -0.2) is 0 Å². The summed E-state index contributed by atoms with van der Waals surface area (Å²) in [5.74, 6) is 0. The van der Waals surface area contributed by atoms with Gasteiger partial charge in [-0.3, -0.25) is 4.90 Å². The SMILES string of the molecule is CCN(CC1CCCO1)C[C@H](C)O. The van der Waals surface area contributed by atoms with Crippen LogP contribution >= 0.6 is 0 Å². The monoisotopic (exact) mass is 187 g/mol. The second-order valence-corrected chi connectivity index (χ2v) is 3.84. The van der Waals surface area contributed by atoms with Crippen LogP contribution in [0.4, 0.5) is 0 Å². The molecule has 0 amide bonds. The lowest BCUT2D eigenvalue weighted by Gasteiger charge is -2.24. The summed E-state index contributed by atoms with van der Waals surface area (Å²) < 4.78 is 5.54. The molecule has 0 spiro atoms. The zero-order valence-corrected chi connectivity index (χ0v) is 8.70. The van der Waals surface area contributed by atoms with Gasteiger partial charge in [-0.05, 0) is 26.3 Å². The average Bonchev–Trinajstić information content (AvgIpc) is 2.55. The van der Waals surface area contributed by atoms with Crippen molar-refractivity contribution >= 4 is 0 Å². The fourth-order valence-corrected chi connectivity index (χ4v) is 1.78. The largest absolute Gasteiger partial charge is 0.392 e. The summed E-state index contributed by atoms with van der Waals surface area (Å²) in [6.45, 7) is 7.59. The van der Waals surface area contributed by atoms with Gasteiger partial charge in [0, 0.05) is 19.7 Å². The molecule has 0 aromatic rings. The molecule has 0 radical (unpaired) electrons. The minimum absolute atomic E-state index is 0.235. The first kappa shape index (κ1) is 11.0. The first-order valence-corrected chi connectivity index (χ1v) is 5.24. The molecule has 0 bridgehead atoms. The molecule has 1 aliphatic heterocycles. The lowest BCUT2D eigenvalue weighted by Crippen LogP contribution is -2.36. The molecular formula is C10H21NO2. The Balaban J connectivity index is 2.21. The van der Waals surface area contributed by atoms with E-state index >= 15 is 0 Å². The number of rotatable bonds is 5. The summed E-state index contributed by atoms with van der Waals surface area (Å²) in [5, 5.41) is 9.25. The summed E-state index contributed by atoms with van der Waals surface area (Å²) in [6, 6.07) is 0. The van der Waals surface area contributed by atoms with Gasteiger partial charge in [0.25, 0.3) is 0 Å². The van der Waals surface area contributed by atoms with Gasteiger partial charge in [-0.2, -0.15) is 0 Å². The van der Waals surface area contributed by atoms with Gasteiger partial charge in [0.05, 0.1) is 12.2 Å². The van der Waals surface area contributed by atoms with Crippen LogP contribution in [0.15, 0.2) is 0 Å². The van der Waals surface area contributed by atoms with E-state index in [0.29, 0.717) is 6.10 Å². The Hall–Kier alpha value is -0.120. The highest BCUT2D eigenvalue weighted by Crippen LogP contribution is 2.13. The number of aliphatic hydroxyl groups excluding tert-OH is 1. The number of likely N-dealkylation sites (N-methyl/N-ethyl adjacent to an activating group) is 1. The molecule has 1 heterocycles. The minimum Gasteiger partial charge on any atom is -0.392 e. The van der Waals surface area contributed by atoms with Crippen LogP contribution in [-0.4, -0.2) is 48.5 Å². The van der Waals surface area contributed by atoms with Crippen LogP contribution < -0.4 is 0 Å². The van der Waals surface area contributed by atoms with Crippen molar-refractivity contribution < 1.29 is 9.84 Å². The Morgan fingerprint density at radius 1 is 1.62 bits per heavy atom. The first-order valence-electron chi connectivity index (χ1n) is 5.24. The maximum Gasteiger partial charge on any atom is 0.0702 e. The lowest BCUT2D eigenvalue weighted by molar-refractivity contribution is 0.0559. The number of hydrogen-bond acceptors (Lipinski definition) is 3. The Morgan fingerprint density at radius 3 is 2.85 bits per heavy atom. The molecule has 0 aromatic heterocycles. The molecule has 1 N–H and O–H groups in total. The van der Waals surface area contributed by atoms with E-state index in [1.54, 1.807) is 0 Å². The van der Waals surface area contributed by atoms with E-state index in [1.807, 2.05) is 6.92 Å². The number of aliphatic hydroxyl groups is 1. The van der Waals surface area contributed by atoms with Crippen molar-refractivity contribution in [3.63, 3.8) is 0 Å². The van der Waals surface area contributed by atoms with Crippen molar-refractivity contribution in [3.8, 4) is 0 Å². The summed E-state index contributed by atoms with van der Waals surface area (Å²) >= 11 is 0. The smallest absolute Gasteiger partial charge is 0.0702 e. The van der Waals surface area contributed by atoms with Crippen LogP contribution in [0.3, 0.4) is 0 Å². The molecular weight excluding hydrogens is 166 g/mol. The van der Waals surface area contributed by atoms with Crippen LogP contribution in [0.25, 0.3) is 0 Å². The Bertz CT molecular complexity index is 133. The van der Waals surface area contributed by atoms with Crippen molar-refractivity contribution in [1.82, 2.24) is 4.90 Å². The lowest BCUT2D eigenvalue weighted by atomic mass is 10.2. The number of ether oxygens (including phenoxy) is 1. The average molecular weight is 187 g/mol. The predicted molar refractivity (Wildman–Crippen MR) is 52.8 cm³/mol. The third-order valence-electron chi connectivity index (χ3n) is 2.46. The summed E-state index contributed by atoms with van der Waals surface area (Å²) in [7, 11) is 0.